The number of aryl methyl sites for hydroxylation is 1. The van der Waals surface area contributed by atoms with Gasteiger partial charge in [0.2, 0.25) is 0 Å². The highest BCUT2D eigenvalue weighted by Gasteiger charge is 2.41. The second-order valence-corrected chi connectivity index (χ2v) is 10.0. The summed E-state index contributed by atoms with van der Waals surface area (Å²) in [5, 5.41) is 16.6. The van der Waals surface area contributed by atoms with Crippen molar-refractivity contribution >= 4 is 17.9 Å². The van der Waals surface area contributed by atoms with Gasteiger partial charge in [-0.1, -0.05) is 54.6 Å². The number of aromatic nitrogens is 2. The summed E-state index contributed by atoms with van der Waals surface area (Å²) in [4.78, 5) is 24.8. The minimum Gasteiger partial charge on any atom is -0.481 e. The monoisotopic (exact) mass is 561 g/mol. The Morgan fingerprint density at radius 1 is 1.00 bits per heavy atom. The van der Waals surface area contributed by atoms with Gasteiger partial charge in [0.05, 0.1) is 11.6 Å². The van der Waals surface area contributed by atoms with E-state index in [1.165, 1.54) is 10.9 Å². The molecule has 1 aliphatic heterocycles. The molecule has 0 unspecified atom stereocenters. The normalized spacial score (nSPS) is 15.2. The lowest BCUT2D eigenvalue weighted by atomic mass is 9.74. The van der Waals surface area contributed by atoms with Gasteiger partial charge in [-0.15, -0.1) is 0 Å². The molecule has 0 spiro atoms. The Bertz CT molecular complexity index is 1560. The number of carbonyl (C=O) groups is 2. The molecular weight excluding hydrogens is 532 g/mol. The third-order valence-electron chi connectivity index (χ3n) is 7.56. The van der Waals surface area contributed by atoms with Gasteiger partial charge in [0.1, 0.15) is 23.6 Å². The molecule has 1 atom stereocenters. The minimum atomic E-state index is -1.08. The highest BCUT2D eigenvalue weighted by Crippen LogP contribution is 2.38. The summed E-state index contributed by atoms with van der Waals surface area (Å²) < 4.78 is 43.0. The SMILES string of the molecule is C[C@@H](OC(=O)Nc1c(-c2cc(F)c(-c3ccc(C4(C(=O)O)CCOCC4)cc3)cc2F)cnn1C)c1ccccc1. The fourth-order valence-corrected chi connectivity index (χ4v) is 5.15. The largest absolute Gasteiger partial charge is 0.481 e. The zero-order chi connectivity index (χ0) is 29.1. The van der Waals surface area contributed by atoms with Gasteiger partial charge in [-0.05, 0) is 48.6 Å². The number of carbonyl (C=O) groups excluding carboxylic acids is 1. The summed E-state index contributed by atoms with van der Waals surface area (Å²) in [5.41, 5.74) is 0.821. The Morgan fingerprint density at radius 3 is 2.29 bits per heavy atom. The highest BCUT2D eigenvalue weighted by atomic mass is 19.1. The topological polar surface area (TPSA) is 103 Å². The molecular formula is C31H29F2N3O5. The molecule has 2 heterocycles. The average molecular weight is 562 g/mol. The van der Waals surface area contributed by atoms with Crippen LogP contribution in [0.1, 0.15) is 37.0 Å². The predicted molar refractivity (Wildman–Crippen MR) is 148 cm³/mol. The van der Waals surface area contributed by atoms with E-state index >= 15 is 8.78 Å². The van der Waals surface area contributed by atoms with Crippen molar-refractivity contribution in [2.75, 3.05) is 18.5 Å². The van der Waals surface area contributed by atoms with Crippen LogP contribution in [0.25, 0.3) is 22.3 Å². The minimum absolute atomic E-state index is 0.0173. The number of hydrogen-bond donors (Lipinski definition) is 2. The maximum Gasteiger partial charge on any atom is 0.413 e. The third kappa shape index (κ3) is 5.55. The number of carboxylic acid groups (broad SMARTS) is 1. The first-order valence-corrected chi connectivity index (χ1v) is 13.2. The number of halogens is 2. The first-order chi connectivity index (χ1) is 19.7. The maximum absolute atomic E-state index is 15.5. The van der Waals surface area contributed by atoms with E-state index in [1.54, 1.807) is 38.2 Å². The number of aliphatic carboxylic acids is 1. The average Bonchev–Trinajstić information content (AvgIpc) is 3.33. The van der Waals surface area contributed by atoms with Crippen molar-refractivity contribution in [3.05, 3.63) is 95.7 Å². The van der Waals surface area contributed by atoms with Crippen molar-refractivity contribution in [2.45, 2.75) is 31.3 Å². The number of amides is 1. The van der Waals surface area contributed by atoms with Gasteiger partial charge in [-0.2, -0.15) is 5.10 Å². The number of benzene rings is 3. The van der Waals surface area contributed by atoms with Crippen LogP contribution in [0.3, 0.4) is 0 Å². The van der Waals surface area contributed by atoms with Gasteiger partial charge >= 0.3 is 12.1 Å². The molecule has 2 N–H and O–H groups in total. The summed E-state index contributed by atoms with van der Waals surface area (Å²) >= 11 is 0. The van der Waals surface area contributed by atoms with Gasteiger partial charge in [-0.25, -0.2) is 13.6 Å². The van der Waals surface area contributed by atoms with E-state index in [4.69, 9.17) is 9.47 Å². The van der Waals surface area contributed by atoms with Crippen LogP contribution in [-0.2, 0) is 26.7 Å². The summed E-state index contributed by atoms with van der Waals surface area (Å²) in [7, 11) is 1.56. The molecule has 1 aliphatic rings. The van der Waals surface area contributed by atoms with Crippen molar-refractivity contribution in [3.63, 3.8) is 0 Å². The van der Waals surface area contributed by atoms with Crippen molar-refractivity contribution in [2.24, 2.45) is 7.05 Å². The lowest BCUT2D eigenvalue weighted by molar-refractivity contribution is -0.147. The number of carboxylic acids is 1. The van der Waals surface area contributed by atoms with E-state index in [9.17, 15) is 14.7 Å². The number of anilines is 1. The second kappa shape index (κ2) is 11.5. The number of rotatable bonds is 7. The van der Waals surface area contributed by atoms with Crippen LogP contribution in [0.2, 0.25) is 0 Å². The number of nitrogens with one attached hydrogen (secondary N) is 1. The second-order valence-electron chi connectivity index (χ2n) is 10.0. The van der Waals surface area contributed by atoms with E-state index in [-0.39, 0.29) is 22.5 Å². The van der Waals surface area contributed by atoms with Crippen LogP contribution in [0, 0.1) is 11.6 Å². The molecule has 3 aromatic carbocycles. The summed E-state index contributed by atoms with van der Waals surface area (Å²) in [5.74, 6) is -2.21. The quantitative estimate of drug-likeness (QED) is 0.268. The van der Waals surface area contributed by atoms with E-state index in [0.29, 0.717) is 37.2 Å². The zero-order valence-electron chi connectivity index (χ0n) is 22.6. The molecule has 1 amide bonds. The van der Waals surface area contributed by atoms with Crippen molar-refractivity contribution < 1.29 is 33.0 Å². The first kappa shape index (κ1) is 28.0. The van der Waals surface area contributed by atoms with E-state index < -0.39 is 35.2 Å². The zero-order valence-corrected chi connectivity index (χ0v) is 22.6. The Kier molecular flexibility index (Phi) is 7.85. The Balaban J connectivity index is 1.39. The van der Waals surface area contributed by atoms with Crippen molar-refractivity contribution in [1.82, 2.24) is 9.78 Å². The fraction of sp³-hybridized carbons (Fsp3) is 0.258. The van der Waals surface area contributed by atoms with Gasteiger partial charge in [0.15, 0.2) is 0 Å². The van der Waals surface area contributed by atoms with Crippen LogP contribution in [0.15, 0.2) is 72.9 Å². The summed E-state index contributed by atoms with van der Waals surface area (Å²) in [6, 6.07) is 17.8. The lowest BCUT2D eigenvalue weighted by Gasteiger charge is -2.33. The molecule has 1 saturated heterocycles. The molecule has 8 nitrogen and oxygen atoms in total. The molecule has 5 rings (SSSR count). The molecule has 10 heteroatoms. The maximum atomic E-state index is 15.5. The molecule has 0 radical (unpaired) electrons. The van der Waals surface area contributed by atoms with Crippen molar-refractivity contribution in [3.8, 4) is 22.3 Å². The molecule has 0 saturated carbocycles. The third-order valence-corrected chi connectivity index (χ3v) is 7.56. The van der Waals surface area contributed by atoms with Crippen LogP contribution < -0.4 is 5.32 Å². The summed E-state index contributed by atoms with van der Waals surface area (Å²) in [6.45, 7) is 2.40. The molecule has 41 heavy (non-hydrogen) atoms. The number of hydrogen-bond acceptors (Lipinski definition) is 5. The van der Waals surface area contributed by atoms with Crippen molar-refractivity contribution in [1.29, 1.82) is 0 Å². The highest BCUT2D eigenvalue weighted by molar-refractivity contribution is 5.90. The van der Waals surface area contributed by atoms with Gasteiger partial charge in [0.25, 0.3) is 0 Å². The van der Waals surface area contributed by atoms with Gasteiger partial charge in [-0.3, -0.25) is 14.8 Å². The van der Waals surface area contributed by atoms with Gasteiger partial charge in [0, 0.05) is 37.0 Å². The molecule has 1 fully saturated rings. The molecule has 4 aromatic rings. The number of nitrogens with zero attached hydrogens (tertiary/aromatic N) is 2. The predicted octanol–water partition coefficient (Wildman–Crippen LogP) is 6.47. The smallest absolute Gasteiger partial charge is 0.413 e. The standard InChI is InChI=1S/C31H29F2N3O5/c1-19(20-6-4-3-5-7-20)41-30(39)35-28-25(18-34-36(28)2)24-17-26(32)23(16-27(24)33)21-8-10-22(11-9-21)31(29(37)38)12-14-40-15-13-31/h3-11,16-19H,12-15H2,1-2H3,(H,35,39)(H,37,38)/t19-/m1/s1. The molecule has 0 bridgehead atoms. The Hall–Kier alpha value is -4.57. The number of ether oxygens (including phenoxy) is 2. The Labute approximate surface area is 235 Å². The van der Waals surface area contributed by atoms with Crippen LogP contribution in [0.4, 0.5) is 19.4 Å². The summed E-state index contributed by atoms with van der Waals surface area (Å²) in [6.07, 6.45) is 0.693. The molecule has 0 aliphatic carbocycles. The molecule has 212 valence electrons. The van der Waals surface area contributed by atoms with Gasteiger partial charge < -0.3 is 14.6 Å². The van der Waals surface area contributed by atoms with Crippen LogP contribution >= 0.6 is 0 Å². The lowest BCUT2D eigenvalue weighted by Crippen LogP contribution is -2.41. The molecule has 1 aromatic heterocycles. The van der Waals surface area contributed by atoms with E-state index in [2.05, 4.69) is 10.4 Å². The van der Waals surface area contributed by atoms with E-state index in [0.717, 1.165) is 17.7 Å². The fourth-order valence-electron chi connectivity index (χ4n) is 5.15. The van der Waals surface area contributed by atoms with E-state index in [1.807, 2.05) is 30.3 Å². The Morgan fingerprint density at radius 2 is 1.63 bits per heavy atom. The first-order valence-electron chi connectivity index (χ1n) is 13.2. The van der Waals surface area contributed by atoms with Crippen LogP contribution in [0.5, 0.6) is 0 Å². The van der Waals surface area contributed by atoms with Crippen LogP contribution in [-0.4, -0.2) is 40.2 Å².